The molecule has 0 saturated heterocycles. The number of carbonyl (C=O) groups is 1. The van der Waals surface area contributed by atoms with Crippen molar-refractivity contribution in [2.75, 3.05) is 17.2 Å². The quantitative estimate of drug-likeness (QED) is 0.587. The first-order valence-corrected chi connectivity index (χ1v) is 6.93. The predicted molar refractivity (Wildman–Crippen MR) is 81.4 cm³/mol. The van der Waals surface area contributed by atoms with Crippen molar-refractivity contribution in [1.82, 2.24) is 0 Å². The number of nitrogens with zero attached hydrogens (tertiary/aromatic N) is 1. The summed E-state index contributed by atoms with van der Waals surface area (Å²) in [4.78, 5) is 13.4. The lowest BCUT2D eigenvalue weighted by atomic mass is 10.1. The van der Waals surface area contributed by atoms with Crippen LogP contribution in [0.5, 0.6) is 0 Å². The van der Waals surface area contributed by atoms with E-state index in [9.17, 15) is 4.79 Å². The Morgan fingerprint density at radius 1 is 1.32 bits per heavy atom. The van der Waals surface area contributed by atoms with Crippen LogP contribution in [0.4, 0.5) is 11.4 Å². The minimum absolute atomic E-state index is 0.374. The third-order valence-electron chi connectivity index (χ3n) is 3.25. The molecule has 0 unspecified atom stereocenters. The van der Waals surface area contributed by atoms with Gasteiger partial charge < -0.3 is 16.4 Å². The van der Waals surface area contributed by atoms with Gasteiger partial charge in [0.1, 0.15) is 0 Å². The van der Waals surface area contributed by atoms with Gasteiger partial charge in [0.2, 0.25) is 5.91 Å². The highest BCUT2D eigenvalue weighted by atomic mass is 16.1. The lowest BCUT2D eigenvalue weighted by Gasteiger charge is -2.30. The Hall–Kier alpha value is -1.71. The maximum Gasteiger partial charge on any atom is 0.248 e. The van der Waals surface area contributed by atoms with Gasteiger partial charge in [-0.05, 0) is 38.5 Å². The van der Waals surface area contributed by atoms with Crippen LogP contribution in [0.25, 0.3) is 0 Å². The molecule has 0 aliphatic carbocycles. The largest absolute Gasteiger partial charge is 0.397 e. The second-order valence-corrected chi connectivity index (χ2v) is 5.13. The zero-order valence-corrected chi connectivity index (χ0v) is 12.1. The molecule has 1 aromatic rings. The van der Waals surface area contributed by atoms with Crippen LogP contribution >= 0.6 is 0 Å². The minimum atomic E-state index is -0.444. The van der Waals surface area contributed by atoms with Crippen molar-refractivity contribution in [3.63, 3.8) is 0 Å². The number of nitrogen functional groups attached to an aromatic ring is 1. The van der Waals surface area contributed by atoms with E-state index in [2.05, 4.69) is 25.7 Å². The minimum Gasteiger partial charge on any atom is -0.397 e. The Morgan fingerprint density at radius 3 is 2.47 bits per heavy atom. The lowest BCUT2D eigenvalue weighted by Crippen LogP contribution is -2.32. The summed E-state index contributed by atoms with van der Waals surface area (Å²) in [5.74, 6) is -0.444. The van der Waals surface area contributed by atoms with E-state index < -0.39 is 5.91 Å². The zero-order chi connectivity index (χ0) is 14.4. The molecule has 0 aromatic heterocycles. The van der Waals surface area contributed by atoms with E-state index in [4.69, 9.17) is 11.5 Å². The molecule has 1 rings (SSSR count). The van der Waals surface area contributed by atoms with Crippen molar-refractivity contribution >= 4 is 17.3 Å². The molecule has 0 atom stereocenters. The van der Waals surface area contributed by atoms with Gasteiger partial charge in [-0.3, -0.25) is 4.79 Å². The van der Waals surface area contributed by atoms with Gasteiger partial charge in [0, 0.05) is 18.2 Å². The smallest absolute Gasteiger partial charge is 0.248 e. The highest BCUT2D eigenvalue weighted by molar-refractivity contribution is 5.94. The zero-order valence-electron chi connectivity index (χ0n) is 12.1. The third-order valence-corrected chi connectivity index (χ3v) is 3.25. The molecule has 106 valence electrons. The van der Waals surface area contributed by atoms with Crippen molar-refractivity contribution in [2.24, 2.45) is 5.73 Å². The van der Waals surface area contributed by atoms with Gasteiger partial charge in [-0.15, -0.1) is 0 Å². The first-order chi connectivity index (χ1) is 8.97. The fourth-order valence-corrected chi connectivity index (χ4v) is 2.16. The van der Waals surface area contributed by atoms with Gasteiger partial charge >= 0.3 is 0 Å². The van der Waals surface area contributed by atoms with Crippen LogP contribution in [0, 0.1) is 0 Å². The topological polar surface area (TPSA) is 72.3 Å². The average molecular weight is 263 g/mol. The molecule has 0 heterocycles. The van der Waals surface area contributed by atoms with Crippen molar-refractivity contribution in [1.29, 1.82) is 0 Å². The molecule has 1 amide bonds. The fraction of sp³-hybridized carbons (Fsp3) is 0.533. The van der Waals surface area contributed by atoms with E-state index in [1.165, 1.54) is 12.8 Å². The summed E-state index contributed by atoms with van der Waals surface area (Å²) in [6.45, 7) is 7.46. The molecule has 0 fully saturated rings. The average Bonchev–Trinajstić information content (AvgIpc) is 2.35. The number of hydrogen-bond acceptors (Lipinski definition) is 3. The Kier molecular flexibility index (Phi) is 5.67. The summed E-state index contributed by atoms with van der Waals surface area (Å²) in [6, 6.07) is 5.66. The van der Waals surface area contributed by atoms with Gasteiger partial charge in [-0.25, -0.2) is 0 Å². The number of primary amides is 1. The second-order valence-electron chi connectivity index (χ2n) is 5.13. The van der Waals surface area contributed by atoms with E-state index in [1.807, 2.05) is 6.07 Å². The van der Waals surface area contributed by atoms with E-state index in [-0.39, 0.29) is 0 Å². The molecule has 0 bridgehead atoms. The van der Waals surface area contributed by atoms with Crippen molar-refractivity contribution in [3.05, 3.63) is 23.8 Å². The molecule has 0 radical (unpaired) electrons. The van der Waals surface area contributed by atoms with E-state index in [0.717, 1.165) is 18.7 Å². The second kappa shape index (κ2) is 7.02. The summed E-state index contributed by atoms with van der Waals surface area (Å²) in [5, 5.41) is 0. The van der Waals surface area contributed by atoms with Gasteiger partial charge in [0.25, 0.3) is 0 Å². The number of rotatable bonds is 7. The van der Waals surface area contributed by atoms with Crippen LogP contribution in [0.1, 0.15) is 50.4 Å². The van der Waals surface area contributed by atoms with E-state index in [1.54, 1.807) is 12.1 Å². The molecule has 0 spiro atoms. The lowest BCUT2D eigenvalue weighted by molar-refractivity contribution is 0.100. The number of amides is 1. The number of hydrogen-bond donors (Lipinski definition) is 2. The molecule has 4 heteroatoms. The normalized spacial score (nSPS) is 10.7. The number of nitrogens with two attached hydrogens (primary N) is 2. The van der Waals surface area contributed by atoms with Gasteiger partial charge in [0.15, 0.2) is 0 Å². The highest BCUT2D eigenvalue weighted by Crippen LogP contribution is 2.26. The highest BCUT2D eigenvalue weighted by Gasteiger charge is 2.14. The Morgan fingerprint density at radius 2 is 2.00 bits per heavy atom. The third kappa shape index (κ3) is 4.16. The number of unbranched alkanes of at least 4 members (excludes halogenated alkanes) is 2. The summed E-state index contributed by atoms with van der Waals surface area (Å²) in [5.41, 5.74) is 13.4. The number of anilines is 2. The first-order valence-electron chi connectivity index (χ1n) is 6.93. The van der Waals surface area contributed by atoms with Gasteiger partial charge in [0.05, 0.1) is 11.4 Å². The molecular weight excluding hydrogens is 238 g/mol. The molecule has 0 aliphatic heterocycles. The summed E-state index contributed by atoms with van der Waals surface area (Å²) in [7, 11) is 0. The van der Waals surface area contributed by atoms with Crippen LogP contribution in [-0.4, -0.2) is 18.5 Å². The van der Waals surface area contributed by atoms with Crippen LogP contribution in [0.15, 0.2) is 18.2 Å². The van der Waals surface area contributed by atoms with Crippen LogP contribution in [0.2, 0.25) is 0 Å². The fourth-order valence-electron chi connectivity index (χ4n) is 2.16. The predicted octanol–water partition coefficient (Wildman–Crippen LogP) is 2.77. The summed E-state index contributed by atoms with van der Waals surface area (Å²) >= 11 is 0. The van der Waals surface area contributed by atoms with Crippen LogP contribution in [-0.2, 0) is 0 Å². The Bertz CT molecular complexity index is 429. The summed E-state index contributed by atoms with van der Waals surface area (Å²) < 4.78 is 0. The first kappa shape index (κ1) is 15.3. The number of benzene rings is 1. The standard InChI is InChI=1S/C15H25N3O/c1-4-5-6-9-18(11(2)3)14-8-7-12(15(17)19)10-13(14)16/h7-8,10-11H,4-6,9,16H2,1-3H3,(H2,17,19). The molecule has 4 N–H and O–H groups in total. The maximum atomic E-state index is 11.1. The van der Waals surface area contributed by atoms with Crippen molar-refractivity contribution in [2.45, 2.75) is 46.1 Å². The SMILES string of the molecule is CCCCCN(c1ccc(C(N)=O)cc1N)C(C)C. The van der Waals surface area contributed by atoms with E-state index in [0.29, 0.717) is 17.3 Å². The molecule has 4 nitrogen and oxygen atoms in total. The Labute approximate surface area is 115 Å². The van der Waals surface area contributed by atoms with Crippen LogP contribution in [0.3, 0.4) is 0 Å². The Balaban J connectivity index is 2.93. The molecule has 1 aromatic carbocycles. The van der Waals surface area contributed by atoms with Gasteiger partial charge in [-0.2, -0.15) is 0 Å². The van der Waals surface area contributed by atoms with Crippen molar-refractivity contribution in [3.8, 4) is 0 Å². The molecular formula is C15H25N3O. The monoisotopic (exact) mass is 263 g/mol. The summed E-state index contributed by atoms with van der Waals surface area (Å²) in [6.07, 6.45) is 3.55. The maximum absolute atomic E-state index is 11.1. The van der Waals surface area contributed by atoms with E-state index >= 15 is 0 Å². The van der Waals surface area contributed by atoms with Gasteiger partial charge in [-0.1, -0.05) is 19.8 Å². The van der Waals surface area contributed by atoms with Crippen molar-refractivity contribution < 1.29 is 4.79 Å². The molecule has 0 saturated carbocycles. The van der Waals surface area contributed by atoms with Crippen LogP contribution < -0.4 is 16.4 Å². The molecule has 19 heavy (non-hydrogen) atoms. The number of carbonyl (C=O) groups excluding carboxylic acids is 1. The molecule has 0 aliphatic rings.